The monoisotopic (exact) mass is 473 g/mol. The van der Waals surface area contributed by atoms with E-state index in [9.17, 15) is 19.1 Å². The van der Waals surface area contributed by atoms with Crippen molar-refractivity contribution in [2.24, 2.45) is 0 Å². The molecule has 2 heterocycles. The standard InChI is InChI=1S/C26H24FN5O3/c27-20-10-8-17(9-11-20)14-30-26(35)23-21(16-33)25(34)32-24(31-23)22(19-6-2-1-3-7-19)29-15-18-5-4-12-28-13-18/h1-13,22,29,33H,14-16H2,(H,30,35)(H,31,32,34). The number of aliphatic hydroxyl groups is 1. The van der Waals surface area contributed by atoms with Crippen LogP contribution in [0.1, 0.15) is 44.6 Å². The maximum absolute atomic E-state index is 13.2. The number of carbonyl (C=O) groups is 1. The molecule has 2 aromatic carbocycles. The second-order valence-electron chi connectivity index (χ2n) is 7.83. The lowest BCUT2D eigenvalue weighted by Gasteiger charge is -2.20. The molecule has 0 saturated heterocycles. The number of benzene rings is 2. The highest BCUT2D eigenvalue weighted by molar-refractivity contribution is 5.93. The second kappa shape index (κ2) is 11.3. The molecule has 0 fully saturated rings. The topological polar surface area (TPSA) is 120 Å². The summed E-state index contributed by atoms with van der Waals surface area (Å²) in [7, 11) is 0. The molecule has 1 amide bonds. The molecule has 8 nitrogen and oxygen atoms in total. The summed E-state index contributed by atoms with van der Waals surface area (Å²) in [6.45, 7) is -0.110. The van der Waals surface area contributed by atoms with Gasteiger partial charge in [-0.1, -0.05) is 48.5 Å². The lowest BCUT2D eigenvalue weighted by molar-refractivity contribution is 0.0941. The largest absolute Gasteiger partial charge is 0.391 e. The van der Waals surface area contributed by atoms with Crippen molar-refractivity contribution in [1.29, 1.82) is 0 Å². The number of nitrogens with one attached hydrogen (secondary N) is 3. The van der Waals surface area contributed by atoms with Crippen molar-refractivity contribution < 1.29 is 14.3 Å². The Morgan fingerprint density at radius 2 is 1.77 bits per heavy atom. The summed E-state index contributed by atoms with van der Waals surface area (Å²) in [6, 6.07) is 18.3. The maximum Gasteiger partial charge on any atom is 0.270 e. The minimum atomic E-state index is -0.652. The summed E-state index contributed by atoms with van der Waals surface area (Å²) in [6.07, 6.45) is 3.41. The Labute approximate surface area is 200 Å². The van der Waals surface area contributed by atoms with Crippen LogP contribution in [0.3, 0.4) is 0 Å². The average molecular weight is 474 g/mol. The Morgan fingerprint density at radius 3 is 2.46 bits per heavy atom. The van der Waals surface area contributed by atoms with Crippen molar-refractivity contribution in [1.82, 2.24) is 25.6 Å². The van der Waals surface area contributed by atoms with Gasteiger partial charge in [0.1, 0.15) is 17.3 Å². The first-order chi connectivity index (χ1) is 17.0. The van der Waals surface area contributed by atoms with Gasteiger partial charge in [0, 0.05) is 25.5 Å². The second-order valence-corrected chi connectivity index (χ2v) is 7.83. The summed E-state index contributed by atoms with van der Waals surface area (Å²) in [4.78, 5) is 37.1. The molecule has 35 heavy (non-hydrogen) atoms. The smallest absolute Gasteiger partial charge is 0.270 e. The van der Waals surface area contributed by atoms with Gasteiger partial charge < -0.3 is 15.4 Å². The minimum Gasteiger partial charge on any atom is -0.391 e. The lowest BCUT2D eigenvalue weighted by Crippen LogP contribution is -2.33. The number of aromatic nitrogens is 3. The van der Waals surface area contributed by atoms with E-state index < -0.39 is 24.1 Å². The van der Waals surface area contributed by atoms with Crippen molar-refractivity contribution in [3.05, 3.63) is 129 Å². The first-order valence-corrected chi connectivity index (χ1v) is 11.0. The predicted molar refractivity (Wildman–Crippen MR) is 128 cm³/mol. The number of hydrogen-bond acceptors (Lipinski definition) is 6. The SMILES string of the molecule is O=C(NCc1ccc(F)cc1)c1nc(C(NCc2cccnc2)c2ccccc2)[nH]c(=O)c1CO. The first-order valence-electron chi connectivity index (χ1n) is 11.0. The van der Waals surface area contributed by atoms with Crippen LogP contribution in [0.25, 0.3) is 0 Å². The molecule has 1 atom stereocenters. The summed E-state index contributed by atoms with van der Waals surface area (Å²) >= 11 is 0. The molecule has 1 unspecified atom stereocenters. The minimum absolute atomic E-state index is 0.106. The van der Waals surface area contributed by atoms with E-state index >= 15 is 0 Å². The molecule has 4 N–H and O–H groups in total. The van der Waals surface area contributed by atoms with E-state index in [1.54, 1.807) is 24.5 Å². The highest BCUT2D eigenvalue weighted by atomic mass is 19.1. The van der Waals surface area contributed by atoms with Crippen LogP contribution >= 0.6 is 0 Å². The number of H-pyrrole nitrogens is 1. The quantitative estimate of drug-likeness (QED) is 0.297. The van der Waals surface area contributed by atoms with E-state index in [-0.39, 0.29) is 29.4 Å². The molecular formula is C26H24FN5O3. The number of carbonyl (C=O) groups excluding carboxylic acids is 1. The normalized spacial score (nSPS) is 11.7. The summed E-state index contributed by atoms with van der Waals surface area (Å²) in [5.74, 6) is -0.770. The summed E-state index contributed by atoms with van der Waals surface area (Å²) < 4.78 is 13.2. The Bertz CT molecular complexity index is 1330. The van der Waals surface area contributed by atoms with Crippen LogP contribution in [-0.2, 0) is 19.7 Å². The van der Waals surface area contributed by atoms with Gasteiger partial charge >= 0.3 is 0 Å². The van der Waals surface area contributed by atoms with Crippen LogP contribution in [-0.4, -0.2) is 26.0 Å². The zero-order valence-electron chi connectivity index (χ0n) is 18.7. The third kappa shape index (κ3) is 6.03. The van der Waals surface area contributed by atoms with Gasteiger partial charge in [-0.2, -0.15) is 0 Å². The van der Waals surface area contributed by atoms with Crippen LogP contribution in [0.2, 0.25) is 0 Å². The average Bonchev–Trinajstić information content (AvgIpc) is 2.89. The van der Waals surface area contributed by atoms with Gasteiger partial charge in [0.05, 0.1) is 18.2 Å². The number of aromatic amines is 1. The van der Waals surface area contributed by atoms with E-state index in [4.69, 9.17) is 0 Å². The number of pyridine rings is 1. The number of hydrogen-bond donors (Lipinski definition) is 4. The van der Waals surface area contributed by atoms with Crippen LogP contribution in [0.5, 0.6) is 0 Å². The highest BCUT2D eigenvalue weighted by Crippen LogP contribution is 2.20. The maximum atomic E-state index is 13.2. The zero-order valence-corrected chi connectivity index (χ0v) is 18.7. The van der Waals surface area contributed by atoms with Gasteiger partial charge in [0.15, 0.2) is 0 Å². The van der Waals surface area contributed by atoms with Gasteiger partial charge in [-0.15, -0.1) is 0 Å². The molecule has 0 spiro atoms. The number of amides is 1. The van der Waals surface area contributed by atoms with Crippen molar-refractivity contribution in [3.8, 4) is 0 Å². The molecule has 0 aliphatic rings. The number of rotatable bonds is 9. The zero-order chi connectivity index (χ0) is 24.6. The third-order valence-corrected chi connectivity index (χ3v) is 5.41. The van der Waals surface area contributed by atoms with Crippen LogP contribution in [0, 0.1) is 5.82 Å². The molecule has 4 aromatic rings. The summed E-state index contributed by atoms with van der Waals surface area (Å²) in [5, 5.41) is 15.8. The van der Waals surface area contributed by atoms with Crippen molar-refractivity contribution in [2.45, 2.75) is 25.7 Å². The molecule has 0 radical (unpaired) electrons. The predicted octanol–water partition coefficient (Wildman–Crippen LogP) is 2.61. The fourth-order valence-electron chi connectivity index (χ4n) is 3.60. The molecule has 0 saturated carbocycles. The van der Waals surface area contributed by atoms with Crippen molar-refractivity contribution in [2.75, 3.05) is 0 Å². The third-order valence-electron chi connectivity index (χ3n) is 5.41. The van der Waals surface area contributed by atoms with E-state index in [1.165, 1.54) is 12.1 Å². The Balaban J connectivity index is 1.65. The van der Waals surface area contributed by atoms with Crippen molar-refractivity contribution in [3.63, 3.8) is 0 Å². The molecular weight excluding hydrogens is 449 g/mol. The Morgan fingerprint density at radius 1 is 1.00 bits per heavy atom. The number of aliphatic hydroxyl groups excluding tert-OH is 1. The molecule has 0 aliphatic heterocycles. The van der Waals surface area contributed by atoms with Crippen LogP contribution in [0.15, 0.2) is 83.9 Å². The first kappa shape index (κ1) is 23.9. The van der Waals surface area contributed by atoms with Crippen LogP contribution in [0.4, 0.5) is 4.39 Å². The van der Waals surface area contributed by atoms with E-state index in [1.807, 2.05) is 42.5 Å². The Hall–Kier alpha value is -4.21. The number of halogens is 1. The molecule has 4 rings (SSSR count). The van der Waals surface area contributed by atoms with Gasteiger partial charge in [-0.3, -0.25) is 19.9 Å². The molecule has 178 valence electrons. The molecule has 2 aromatic heterocycles. The fraction of sp³-hybridized carbons (Fsp3) is 0.154. The Kier molecular flexibility index (Phi) is 7.71. The fourth-order valence-corrected chi connectivity index (χ4v) is 3.60. The van der Waals surface area contributed by atoms with E-state index in [0.29, 0.717) is 12.1 Å². The van der Waals surface area contributed by atoms with Crippen molar-refractivity contribution >= 4 is 5.91 Å². The lowest BCUT2D eigenvalue weighted by atomic mass is 10.0. The van der Waals surface area contributed by atoms with Gasteiger partial charge in [-0.25, -0.2) is 9.37 Å². The van der Waals surface area contributed by atoms with E-state index in [2.05, 4.69) is 25.6 Å². The summed E-state index contributed by atoms with van der Waals surface area (Å²) in [5.41, 5.74) is 1.53. The van der Waals surface area contributed by atoms with Gasteiger partial charge in [0.25, 0.3) is 11.5 Å². The number of nitrogens with zero attached hydrogens (tertiary/aromatic N) is 2. The van der Waals surface area contributed by atoms with E-state index in [0.717, 1.165) is 11.1 Å². The molecule has 0 aliphatic carbocycles. The molecule has 9 heteroatoms. The molecule has 0 bridgehead atoms. The van der Waals surface area contributed by atoms with Gasteiger partial charge in [-0.05, 0) is 34.9 Å². The highest BCUT2D eigenvalue weighted by Gasteiger charge is 2.23. The van der Waals surface area contributed by atoms with Crippen LogP contribution < -0.4 is 16.2 Å². The van der Waals surface area contributed by atoms with Gasteiger partial charge in [0.2, 0.25) is 0 Å².